The van der Waals surface area contributed by atoms with Gasteiger partial charge in [0.25, 0.3) is 5.91 Å². The molecule has 1 heterocycles. The van der Waals surface area contributed by atoms with Gasteiger partial charge in [0.2, 0.25) is 0 Å². The molecule has 1 amide bonds. The van der Waals surface area contributed by atoms with Crippen molar-refractivity contribution in [1.82, 2.24) is 4.90 Å². The molecule has 0 aromatic heterocycles. The Morgan fingerprint density at radius 1 is 1.29 bits per heavy atom. The average molecular weight is 233 g/mol. The van der Waals surface area contributed by atoms with E-state index in [2.05, 4.69) is 6.58 Å². The molecule has 1 aliphatic heterocycles. The highest BCUT2D eigenvalue weighted by Gasteiger charge is 2.18. The van der Waals surface area contributed by atoms with Gasteiger partial charge in [0, 0.05) is 24.2 Å². The van der Waals surface area contributed by atoms with E-state index in [4.69, 9.17) is 0 Å². The smallest absolute Gasteiger partial charge is 0.253 e. The quantitative estimate of drug-likeness (QED) is 0.768. The highest BCUT2D eigenvalue weighted by molar-refractivity contribution is 5.94. The minimum atomic E-state index is -0.386. The Morgan fingerprint density at radius 3 is 2.59 bits per heavy atom. The molecule has 0 bridgehead atoms. The van der Waals surface area contributed by atoms with Crippen molar-refractivity contribution in [2.75, 3.05) is 13.1 Å². The molecule has 1 saturated heterocycles. The van der Waals surface area contributed by atoms with Gasteiger partial charge < -0.3 is 4.90 Å². The van der Waals surface area contributed by atoms with Gasteiger partial charge in [-0.2, -0.15) is 0 Å². The number of likely N-dealkylation sites (tertiary alicyclic amines) is 1. The Balaban J connectivity index is 2.18. The molecule has 1 aromatic rings. The topological polar surface area (TPSA) is 20.3 Å². The maximum Gasteiger partial charge on any atom is 0.253 e. The van der Waals surface area contributed by atoms with Gasteiger partial charge in [0.15, 0.2) is 0 Å². The van der Waals surface area contributed by atoms with Gasteiger partial charge >= 0.3 is 0 Å². The Kier molecular flexibility index (Phi) is 3.57. The van der Waals surface area contributed by atoms with Crippen molar-refractivity contribution < 1.29 is 9.18 Å². The summed E-state index contributed by atoms with van der Waals surface area (Å²) in [6.45, 7) is 5.08. The molecule has 1 aromatic carbocycles. The van der Waals surface area contributed by atoms with E-state index in [1.54, 1.807) is 17.0 Å². The number of carbonyl (C=O) groups excluding carboxylic acids is 1. The Hall–Kier alpha value is -1.64. The van der Waals surface area contributed by atoms with Crippen LogP contribution >= 0.6 is 0 Å². The lowest BCUT2D eigenvalue weighted by Crippen LogP contribution is -2.35. The largest absolute Gasteiger partial charge is 0.339 e. The van der Waals surface area contributed by atoms with Crippen molar-refractivity contribution in [2.45, 2.75) is 19.3 Å². The zero-order valence-electron chi connectivity index (χ0n) is 9.79. The third kappa shape index (κ3) is 2.54. The Morgan fingerprint density at radius 2 is 2.00 bits per heavy atom. The van der Waals surface area contributed by atoms with Crippen LogP contribution in [0, 0.1) is 5.82 Å². The van der Waals surface area contributed by atoms with Gasteiger partial charge in [-0.05, 0) is 31.4 Å². The van der Waals surface area contributed by atoms with Crippen molar-refractivity contribution in [2.24, 2.45) is 0 Å². The molecule has 2 rings (SSSR count). The number of amides is 1. The van der Waals surface area contributed by atoms with Gasteiger partial charge in [0.05, 0.1) is 0 Å². The number of benzene rings is 1. The van der Waals surface area contributed by atoms with Crippen LogP contribution in [0.25, 0.3) is 6.08 Å². The minimum Gasteiger partial charge on any atom is -0.339 e. The summed E-state index contributed by atoms with van der Waals surface area (Å²) in [5.41, 5.74) is 0.857. The molecule has 0 saturated carbocycles. The number of carbonyl (C=O) groups is 1. The van der Waals surface area contributed by atoms with Crippen LogP contribution in [0.5, 0.6) is 0 Å². The van der Waals surface area contributed by atoms with E-state index in [1.807, 2.05) is 0 Å². The zero-order chi connectivity index (χ0) is 12.3. The van der Waals surface area contributed by atoms with E-state index in [9.17, 15) is 9.18 Å². The van der Waals surface area contributed by atoms with Crippen LogP contribution in [0.15, 0.2) is 24.8 Å². The van der Waals surface area contributed by atoms with Crippen molar-refractivity contribution in [1.29, 1.82) is 0 Å². The fraction of sp³-hybridized carbons (Fsp3) is 0.357. The van der Waals surface area contributed by atoms with E-state index < -0.39 is 0 Å². The summed E-state index contributed by atoms with van der Waals surface area (Å²) < 4.78 is 13.5. The lowest BCUT2D eigenvalue weighted by atomic mass is 10.1. The van der Waals surface area contributed by atoms with E-state index in [1.165, 1.54) is 18.6 Å². The molecule has 90 valence electrons. The third-order valence-corrected chi connectivity index (χ3v) is 3.11. The van der Waals surface area contributed by atoms with Crippen molar-refractivity contribution in [3.63, 3.8) is 0 Å². The molecule has 0 unspecified atom stereocenters. The highest BCUT2D eigenvalue weighted by atomic mass is 19.1. The zero-order valence-corrected chi connectivity index (χ0v) is 9.79. The predicted octanol–water partition coefficient (Wildman–Crippen LogP) is 3.09. The molecule has 0 N–H and O–H groups in total. The number of rotatable bonds is 2. The normalized spacial score (nSPS) is 15.7. The third-order valence-electron chi connectivity index (χ3n) is 3.11. The Labute approximate surface area is 101 Å². The molecular formula is C14H16FNO. The Bertz CT molecular complexity index is 436. The maximum atomic E-state index is 13.5. The summed E-state index contributed by atoms with van der Waals surface area (Å²) in [5.74, 6) is -0.456. The van der Waals surface area contributed by atoms with Crippen LogP contribution in [0.1, 0.15) is 35.2 Å². The summed E-state index contributed by atoms with van der Waals surface area (Å²) in [5, 5.41) is 0. The minimum absolute atomic E-state index is 0.0702. The first-order valence-electron chi connectivity index (χ1n) is 5.93. The van der Waals surface area contributed by atoms with E-state index in [-0.39, 0.29) is 11.7 Å². The molecule has 0 radical (unpaired) electrons. The lowest BCUT2D eigenvalue weighted by Gasteiger charge is -2.26. The van der Waals surface area contributed by atoms with Crippen LogP contribution in [0.3, 0.4) is 0 Å². The fourth-order valence-corrected chi connectivity index (χ4v) is 2.11. The molecule has 0 atom stereocenters. The van der Waals surface area contributed by atoms with Gasteiger partial charge in [-0.15, -0.1) is 0 Å². The summed E-state index contributed by atoms with van der Waals surface area (Å²) in [6.07, 6.45) is 4.70. The molecule has 17 heavy (non-hydrogen) atoms. The van der Waals surface area contributed by atoms with Gasteiger partial charge in [-0.1, -0.05) is 18.7 Å². The fourth-order valence-electron chi connectivity index (χ4n) is 2.11. The van der Waals surface area contributed by atoms with Crippen molar-refractivity contribution >= 4 is 12.0 Å². The van der Waals surface area contributed by atoms with E-state index in [0.717, 1.165) is 25.9 Å². The first-order chi connectivity index (χ1) is 8.22. The number of hydrogen-bond donors (Lipinski definition) is 0. The number of hydrogen-bond acceptors (Lipinski definition) is 1. The summed E-state index contributed by atoms with van der Waals surface area (Å²) in [4.78, 5) is 13.9. The second kappa shape index (κ2) is 5.13. The second-order valence-corrected chi connectivity index (χ2v) is 4.29. The molecule has 1 fully saturated rings. The van der Waals surface area contributed by atoms with Crippen LogP contribution in [0.2, 0.25) is 0 Å². The molecule has 2 nitrogen and oxygen atoms in total. The van der Waals surface area contributed by atoms with Crippen molar-refractivity contribution in [3.8, 4) is 0 Å². The van der Waals surface area contributed by atoms with Gasteiger partial charge in [-0.25, -0.2) is 4.39 Å². The standard InChI is InChI=1S/C14H16FNO/c1-2-11-6-7-12(10-13(11)15)14(17)16-8-4-3-5-9-16/h2,6-7,10H,1,3-5,8-9H2. The first kappa shape index (κ1) is 11.8. The van der Waals surface area contributed by atoms with E-state index in [0.29, 0.717) is 11.1 Å². The number of nitrogens with zero attached hydrogens (tertiary/aromatic N) is 1. The molecule has 0 spiro atoms. The SMILES string of the molecule is C=Cc1ccc(C(=O)N2CCCCC2)cc1F. The summed E-state index contributed by atoms with van der Waals surface area (Å²) in [7, 11) is 0. The van der Waals surface area contributed by atoms with Crippen molar-refractivity contribution in [3.05, 3.63) is 41.7 Å². The van der Waals surface area contributed by atoms with Gasteiger partial charge in [-0.3, -0.25) is 4.79 Å². The van der Waals surface area contributed by atoms with Crippen LogP contribution in [-0.2, 0) is 0 Å². The number of piperidine rings is 1. The molecule has 1 aliphatic rings. The average Bonchev–Trinajstić information content (AvgIpc) is 2.39. The summed E-state index contributed by atoms with van der Waals surface area (Å²) in [6, 6.07) is 4.56. The number of halogens is 1. The van der Waals surface area contributed by atoms with Crippen LogP contribution in [0.4, 0.5) is 4.39 Å². The lowest BCUT2D eigenvalue weighted by molar-refractivity contribution is 0.0724. The monoisotopic (exact) mass is 233 g/mol. The van der Waals surface area contributed by atoms with Gasteiger partial charge in [0.1, 0.15) is 5.82 Å². The molecule has 3 heteroatoms. The second-order valence-electron chi connectivity index (χ2n) is 4.29. The highest BCUT2D eigenvalue weighted by Crippen LogP contribution is 2.16. The van der Waals surface area contributed by atoms with Crippen LogP contribution < -0.4 is 0 Å². The first-order valence-corrected chi connectivity index (χ1v) is 5.93. The maximum absolute atomic E-state index is 13.5. The molecule has 0 aliphatic carbocycles. The predicted molar refractivity (Wildman–Crippen MR) is 66.2 cm³/mol. The summed E-state index contributed by atoms with van der Waals surface area (Å²) >= 11 is 0. The van der Waals surface area contributed by atoms with E-state index >= 15 is 0 Å². The van der Waals surface area contributed by atoms with Crippen LogP contribution in [-0.4, -0.2) is 23.9 Å². The molecular weight excluding hydrogens is 217 g/mol.